The Balaban J connectivity index is 1.85. The number of hydrogen-bond donors (Lipinski definition) is 3. The summed E-state index contributed by atoms with van der Waals surface area (Å²) in [5.74, 6) is 2.63. The van der Waals surface area contributed by atoms with E-state index in [0.717, 1.165) is 25.2 Å². The van der Waals surface area contributed by atoms with E-state index in [4.69, 9.17) is 0 Å². The molecular formula is C30H54O3. The lowest BCUT2D eigenvalue weighted by molar-refractivity contribution is -0.145. The first-order valence-corrected chi connectivity index (χ1v) is 13.9. The number of hydrogen-bond acceptors (Lipinski definition) is 3. The third-order valence-electron chi connectivity index (χ3n) is 11.5. The molecule has 0 aromatic carbocycles. The number of aliphatic hydroxyl groups is 3. The monoisotopic (exact) mass is 462 g/mol. The Morgan fingerprint density at radius 2 is 1.70 bits per heavy atom. The highest BCUT2D eigenvalue weighted by atomic mass is 16.3. The predicted molar refractivity (Wildman–Crippen MR) is 138 cm³/mol. The van der Waals surface area contributed by atoms with E-state index in [0.29, 0.717) is 47.0 Å². The molecule has 0 heterocycles. The molecule has 0 spiro atoms. The molecule has 0 aliphatic heterocycles. The van der Waals surface area contributed by atoms with Gasteiger partial charge in [-0.05, 0) is 132 Å². The van der Waals surface area contributed by atoms with Crippen molar-refractivity contribution in [3.8, 4) is 0 Å². The van der Waals surface area contributed by atoms with Crippen LogP contribution in [0.1, 0.15) is 120 Å². The molecule has 3 heteroatoms. The maximum atomic E-state index is 10.4. The molecule has 0 aromatic rings. The van der Waals surface area contributed by atoms with E-state index < -0.39 is 11.7 Å². The Hall–Kier alpha value is -0.380. The lowest BCUT2D eigenvalue weighted by Crippen LogP contribution is -2.57. The lowest BCUT2D eigenvalue weighted by atomic mass is 9.40. The molecule has 0 amide bonds. The van der Waals surface area contributed by atoms with Crippen LogP contribution in [0.15, 0.2) is 11.1 Å². The second kappa shape index (κ2) is 9.58. The van der Waals surface area contributed by atoms with Crippen molar-refractivity contribution in [1.29, 1.82) is 0 Å². The molecule has 0 radical (unpaired) electrons. The summed E-state index contributed by atoms with van der Waals surface area (Å²) in [4.78, 5) is 0. The first-order valence-electron chi connectivity index (χ1n) is 13.9. The molecule has 0 unspecified atom stereocenters. The van der Waals surface area contributed by atoms with Crippen molar-refractivity contribution in [3.05, 3.63) is 11.1 Å². The molecule has 3 fully saturated rings. The van der Waals surface area contributed by atoms with Crippen LogP contribution in [0.5, 0.6) is 0 Å². The Kier molecular flexibility index (Phi) is 7.90. The topological polar surface area (TPSA) is 60.7 Å². The minimum absolute atomic E-state index is 0.304. The summed E-state index contributed by atoms with van der Waals surface area (Å²) in [7, 11) is 0. The van der Waals surface area contributed by atoms with Gasteiger partial charge in [-0.2, -0.15) is 0 Å². The average molecular weight is 463 g/mol. The smallest absolute Gasteiger partial charge is 0.0849 e. The van der Waals surface area contributed by atoms with Crippen LogP contribution in [0.4, 0.5) is 0 Å². The lowest BCUT2D eigenvalue weighted by Gasteiger charge is -2.65. The zero-order chi connectivity index (χ0) is 24.8. The second-order valence-corrected chi connectivity index (χ2v) is 13.7. The Labute approximate surface area is 204 Å². The summed E-state index contributed by atoms with van der Waals surface area (Å²) in [6.45, 7) is 18.6. The maximum absolute atomic E-state index is 10.4. The van der Waals surface area contributed by atoms with Gasteiger partial charge in [-0.3, -0.25) is 0 Å². The third kappa shape index (κ3) is 4.60. The van der Waals surface area contributed by atoms with E-state index in [1.54, 1.807) is 19.4 Å². The van der Waals surface area contributed by atoms with Gasteiger partial charge in [-0.1, -0.05) is 38.8 Å². The van der Waals surface area contributed by atoms with Crippen molar-refractivity contribution < 1.29 is 15.3 Å². The number of allylic oxidation sites excluding steroid dienone is 2. The first kappa shape index (κ1) is 27.2. The quantitative estimate of drug-likeness (QED) is 0.344. The summed E-state index contributed by atoms with van der Waals surface area (Å²) in [5.41, 5.74) is 3.23. The molecule has 3 aliphatic carbocycles. The van der Waals surface area contributed by atoms with Crippen LogP contribution in [0.25, 0.3) is 0 Å². The van der Waals surface area contributed by atoms with Crippen LogP contribution < -0.4 is 0 Å². The maximum Gasteiger partial charge on any atom is 0.0849 e. The molecule has 3 rings (SSSR count). The Bertz CT molecular complexity index is 717. The molecule has 3 N–H and O–H groups in total. The van der Waals surface area contributed by atoms with Gasteiger partial charge in [0.05, 0.1) is 11.7 Å². The molecule has 0 bridgehead atoms. The standard InChI is InChI=1S/C30H54O3/c1-20(2)22-12-13-25-28(6,24(22)10-9-19-31)17-18-29(7)23(15-16-30(25,29)8)21(3)11-14-26(32)27(4,5)33/h21,23-26,31-33H,9-19H2,1-8H3/t21-,23-,24+,25-,26+,28-,29-,30+/m0/s1. The van der Waals surface area contributed by atoms with Crippen molar-refractivity contribution >= 4 is 0 Å². The minimum atomic E-state index is -1.02. The van der Waals surface area contributed by atoms with Crippen LogP contribution >= 0.6 is 0 Å². The first-order chi connectivity index (χ1) is 15.2. The van der Waals surface area contributed by atoms with E-state index in [2.05, 4.69) is 41.5 Å². The Morgan fingerprint density at radius 3 is 2.27 bits per heavy atom. The minimum Gasteiger partial charge on any atom is -0.396 e. The molecule has 0 aromatic heterocycles. The normalized spacial score (nSPS) is 40.8. The van der Waals surface area contributed by atoms with Crippen LogP contribution in [0.2, 0.25) is 0 Å². The largest absolute Gasteiger partial charge is 0.396 e. The average Bonchev–Trinajstić information content (AvgIpc) is 3.00. The van der Waals surface area contributed by atoms with Gasteiger partial charge < -0.3 is 15.3 Å². The van der Waals surface area contributed by atoms with Gasteiger partial charge >= 0.3 is 0 Å². The van der Waals surface area contributed by atoms with Gasteiger partial charge in [0.25, 0.3) is 0 Å². The number of rotatable bonds is 8. The van der Waals surface area contributed by atoms with Gasteiger partial charge in [-0.25, -0.2) is 0 Å². The molecule has 33 heavy (non-hydrogen) atoms. The van der Waals surface area contributed by atoms with Gasteiger partial charge in [0, 0.05) is 6.61 Å². The number of aliphatic hydroxyl groups excluding tert-OH is 2. The summed E-state index contributed by atoms with van der Waals surface area (Å²) in [6.07, 6.45) is 10.8. The molecule has 192 valence electrons. The van der Waals surface area contributed by atoms with Gasteiger partial charge in [0.2, 0.25) is 0 Å². The zero-order valence-corrected chi connectivity index (χ0v) is 23.0. The third-order valence-corrected chi connectivity index (χ3v) is 11.5. The SMILES string of the molecule is CC(C)=C1CC[C@H]2[C@@](C)(CC[C@@]3(C)[C@H]([C@@H](C)CC[C@@H](O)C(C)(C)O)CC[C@]23C)[C@@H]1CCCO. The molecule has 3 saturated carbocycles. The van der Waals surface area contributed by atoms with Gasteiger partial charge in [0.1, 0.15) is 0 Å². The molecular weight excluding hydrogens is 408 g/mol. The second-order valence-electron chi connectivity index (χ2n) is 13.7. The number of fused-ring (bicyclic) bond motifs is 3. The van der Waals surface area contributed by atoms with E-state index in [1.165, 1.54) is 44.1 Å². The molecule has 8 atom stereocenters. The van der Waals surface area contributed by atoms with Crippen molar-refractivity contribution in [3.63, 3.8) is 0 Å². The van der Waals surface area contributed by atoms with Crippen LogP contribution in [0, 0.1) is 39.9 Å². The summed E-state index contributed by atoms with van der Waals surface area (Å²) in [5, 5.41) is 30.2. The highest BCUT2D eigenvalue weighted by molar-refractivity contribution is 5.25. The fraction of sp³-hybridized carbons (Fsp3) is 0.933. The van der Waals surface area contributed by atoms with E-state index in [1.807, 2.05) is 0 Å². The molecule has 0 saturated heterocycles. The fourth-order valence-electron chi connectivity index (χ4n) is 9.18. The molecule has 3 aliphatic rings. The zero-order valence-electron chi connectivity index (χ0n) is 23.0. The van der Waals surface area contributed by atoms with Crippen LogP contribution in [-0.2, 0) is 0 Å². The van der Waals surface area contributed by atoms with Crippen LogP contribution in [0.3, 0.4) is 0 Å². The summed E-state index contributed by atoms with van der Waals surface area (Å²) in [6, 6.07) is 0. The highest BCUT2D eigenvalue weighted by Crippen LogP contribution is 2.74. The fourth-order valence-corrected chi connectivity index (χ4v) is 9.18. The van der Waals surface area contributed by atoms with E-state index in [9.17, 15) is 15.3 Å². The summed E-state index contributed by atoms with van der Waals surface area (Å²) >= 11 is 0. The van der Waals surface area contributed by atoms with Crippen molar-refractivity contribution in [2.45, 2.75) is 131 Å². The van der Waals surface area contributed by atoms with E-state index in [-0.39, 0.29) is 0 Å². The van der Waals surface area contributed by atoms with Gasteiger partial charge in [0.15, 0.2) is 0 Å². The van der Waals surface area contributed by atoms with Crippen molar-refractivity contribution in [2.75, 3.05) is 6.61 Å². The van der Waals surface area contributed by atoms with Crippen LogP contribution in [-0.4, -0.2) is 33.6 Å². The van der Waals surface area contributed by atoms with E-state index >= 15 is 0 Å². The van der Waals surface area contributed by atoms with Gasteiger partial charge in [-0.15, -0.1) is 0 Å². The Morgan fingerprint density at radius 1 is 1.03 bits per heavy atom. The molecule has 3 nitrogen and oxygen atoms in total. The summed E-state index contributed by atoms with van der Waals surface area (Å²) < 4.78 is 0. The van der Waals surface area contributed by atoms with Crippen molar-refractivity contribution in [1.82, 2.24) is 0 Å². The predicted octanol–water partition coefficient (Wildman–Crippen LogP) is 6.89. The highest BCUT2D eigenvalue weighted by Gasteiger charge is 2.66. The van der Waals surface area contributed by atoms with Crippen molar-refractivity contribution in [2.24, 2.45) is 39.9 Å².